The van der Waals surface area contributed by atoms with Crippen molar-refractivity contribution in [1.29, 1.82) is 0 Å². The minimum atomic E-state index is -3.67. The molecule has 4 rings (SSSR count). The van der Waals surface area contributed by atoms with Gasteiger partial charge in [0, 0.05) is 31.1 Å². The van der Waals surface area contributed by atoms with Crippen LogP contribution in [-0.4, -0.2) is 24.5 Å². The highest BCUT2D eigenvalue weighted by Crippen LogP contribution is 2.47. The Kier molecular flexibility index (Phi) is 2.92. The zero-order valence-corrected chi connectivity index (χ0v) is 12.3. The molecule has 2 heterocycles. The SMILES string of the molecule is O=C1CCC2(CC1)CCN(c1ccc3c(c1)OC(F)(F)O3)C2=O. The standard InChI is InChI=1S/C16H15F2NO4/c17-16(18)22-12-2-1-10(9-13(12)23-16)19-8-7-15(14(19)21)5-3-11(20)4-6-15/h1-2,9H,3-8H2. The fourth-order valence-electron chi connectivity index (χ4n) is 3.64. The van der Waals surface area contributed by atoms with E-state index in [0.717, 1.165) is 0 Å². The number of Topliss-reactive ketones (excluding diaryl/α,β-unsaturated/α-hetero) is 1. The maximum atomic E-state index is 13.1. The molecule has 0 radical (unpaired) electrons. The Hall–Kier alpha value is -2.18. The van der Waals surface area contributed by atoms with Crippen LogP contribution in [-0.2, 0) is 9.59 Å². The maximum absolute atomic E-state index is 13.1. The van der Waals surface area contributed by atoms with Crippen LogP contribution in [0, 0.1) is 5.41 Å². The fraction of sp³-hybridized carbons (Fsp3) is 0.500. The summed E-state index contributed by atoms with van der Waals surface area (Å²) in [5.74, 6) is 0.0613. The predicted molar refractivity (Wildman–Crippen MR) is 75.5 cm³/mol. The molecule has 122 valence electrons. The second-order valence-electron chi connectivity index (χ2n) is 6.32. The molecule has 7 heteroatoms. The van der Waals surface area contributed by atoms with E-state index in [2.05, 4.69) is 9.47 Å². The number of carbonyl (C=O) groups excluding carboxylic acids is 2. The van der Waals surface area contributed by atoms with Crippen molar-refractivity contribution >= 4 is 17.4 Å². The van der Waals surface area contributed by atoms with Crippen LogP contribution in [0.2, 0.25) is 0 Å². The average molecular weight is 323 g/mol. The molecule has 2 fully saturated rings. The molecule has 0 atom stereocenters. The first-order valence-electron chi connectivity index (χ1n) is 7.62. The Bertz CT molecular complexity index is 693. The second kappa shape index (κ2) is 4.66. The van der Waals surface area contributed by atoms with Gasteiger partial charge < -0.3 is 14.4 Å². The Morgan fingerprint density at radius 2 is 1.70 bits per heavy atom. The summed E-state index contributed by atoms with van der Waals surface area (Å²) >= 11 is 0. The quantitative estimate of drug-likeness (QED) is 0.797. The number of hydrogen-bond donors (Lipinski definition) is 0. The third-order valence-corrected chi connectivity index (χ3v) is 4.97. The van der Waals surface area contributed by atoms with Gasteiger partial charge in [0.15, 0.2) is 11.5 Å². The Morgan fingerprint density at radius 3 is 2.43 bits per heavy atom. The van der Waals surface area contributed by atoms with Crippen LogP contribution in [0.5, 0.6) is 11.5 Å². The summed E-state index contributed by atoms with van der Waals surface area (Å²) < 4.78 is 35.0. The summed E-state index contributed by atoms with van der Waals surface area (Å²) in [7, 11) is 0. The van der Waals surface area contributed by atoms with Gasteiger partial charge in [-0.05, 0) is 31.4 Å². The number of ketones is 1. The van der Waals surface area contributed by atoms with Crippen LogP contribution >= 0.6 is 0 Å². The number of ether oxygens (including phenoxy) is 2. The predicted octanol–water partition coefficient (Wildman–Crippen LogP) is 2.87. The molecule has 1 aromatic rings. The molecule has 3 aliphatic rings. The van der Waals surface area contributed by atoms with Gasteiger partial charge in [0.05, 0.1) is 5.41 Å². The minimum Gasteiger partial charge on any atom is -0.395 e. The monoisotopic (exact) mass is 323 g/mol. The summed E-state index contributed by atoms with van der Waals surface area (Å²) in [5.41, 5.74) is 0.0395. The first-order chi connectivity index (χ1) is 10.9. The minimum absolute atomic E-state index is 0.0318. The molecular weight excluding hydrogens is 308 g/mol. The van der Waals surface area contributed by atoms with E-state index in [4.69, 9.17) is 0 Å². The van der Waals surface area contributed by atoms with E-state index in [1.165, 1.54) is 12.1 Å². The number of benzene rings is 1. The summed E-state index contributed by atoms with van der Waals surface area (Å²) in [6.45, 7) is 0.517. The zero-order valence-electron chi connectivity index (χ0n) is 12.3. The van der Waals surface area contributed by atoms with Gasteiger partial charge >= 0.3 is 6.29 Å². The van der Waals surface area contributed by atoms with Crippen LogP contribution in [0.1, 0.15) is 32.1 Å². The average Bonchev–Trinajstić information content (AvgIpc) is 2.98. The highest BCUT2D eigenvalue weighted by Gasteiger charge is 2.49. The lowest BCUT2D eigenvalue weighted by molar-refractivity contribution is -0.286. The Balaban J connectivity index is 1.59. The zero-order chi connectivity index (χ0) is 16.2. The van der Waals surface area contributed by atoms with Gasteiger partial charge in [0.1, 0.15) is 5.78 Å². The lowest BCUT2D eigenvalue weighted by Crippen LogP contribution is -2.37. The number of alkyl halides is 2. The molecule has 23 heavy (non-hydrogen) atoms. The lowest BCUT2D eigenvalue weighted by Gasteiger charge is -2.30. The molecule has 1 aromatic carbocycles. The van der Waals surface area contributed by atoms with Gasteiger partial charge in [-0.25, -0.2) is 0 Å². The van der Waals surface area contributed by atoms with Crippen molar-refractivity contribution in [1.82, 2.24) is 0 Å². The molecule has 0 aromatic heterocycles. The summed E-state index contributed by atoms with van der Waals surface area (Å²) in [6.07, 6.45) is -0.960. The highest BCUT2D eigenvalue weighted by molar-refractivity contribution is 6.01. The van der Waals surface area contributed by atoms with Crippen molar-refractivity contribution in [3.8, 4) is 11.5 Å². The molecule has 0 unspecified atom stereocenters. The molecule has 1 amide bonds. The third kappa shape index (κ3) is 2.26. The van der Waals surface area contributed by atoms with E-state index in [1.807, 2.05) is 0 Å². The normalized spacial score (nSPS) is 24.5. The number of amides is 1. The van der Waals surface area contributed by atoms with Crippen molar-refractivity contribution in [2.24, 2.45) is 5.41 Å². The highest BCUT2D eigenvalue weighted by atomic mass is 19.3. The summed E-state index contributed by atoms with van der Waals surface area (Å²) in [6, 6.07) is 4.36. The fourth-order valence-corrected chi connectivity index (χ4v) is 3.64. The number of halogens is 2. The molecule has 1 spiro atoms. The molecule has 1 aliphatic carbocycles. The molecule has 0 N–H and O–H groups in total. The largest absolute Gasteiger partial charge is 0.586 e. The van der Waals surface area contributed by atoms with Gasteiger partial charge in [-0.2, -0.15) is 0 Å². The van der Waals surface area contributed by atoms with Crippen molar-refractivity contribution in [3.05, 3.63) is 18.2 Å². The molecule has 2 aliphatic heterocycles. The molecule has 0 bridgehead atoms. The van der Waals surface area contributed by atoms with Crippen LogP contribution in [0.25, 0.3) is 0 Å². The number of fused-ring (bicyclic) bond motifs is 1. The summed E-state index contributed by atoms with van der Waals surface area (Å²) in [4.78, 5) is 25.8. The van der Waals surface area contributed by atoms with E-state index in [1.54, 1.807) is 11.0 Å². The smallest absolute Gasteiger partial charge is 0.395 e. The molecule has 1 saturated heterocycles. The number of rotatable bonds is 1. The van der Waals surface area contributed by atoms with E-state index in [9.17, 15) is 18.4 Å². The number of anilines is 1. The van der Waals surface area contributed by atoms with Crippen molar-refractivity contribution < 1.29 is 27.8 Å². The van der Waals surface area contributed by atoms with E-state index < -0.39 is 11.7 Å². The van der Waals surface area contributed by atoms with Gasteiger partial charge in [-0.1, -0.05) is 0 Å². The van der Waals surface area contributed by atoms with Gasteiger partial charge in [-0.15, -0.1) is 8.78 Å². The van der Waals surface area contributed by atoms with Crippen molar-refractivity contribution in [3.63, 3.8) is 0 Å². The second-order valence-corrected chi connectivity index (χ2v) is 6.32. The Morgan fingerprint density at radius 1 is 1.00 bits per heavy atom. The molecule has 1 saturated carbocycles. The summed E-state index contributed by atoms with van der Waals surface area (Å²) in [5, 5.41) is 0. The van der Waals surface area contributed by atoms with Crippen molar-refractivity contribution in [2.45, 2.75) is 38.4 Å². The first-order valence-corrected chi connectivity index (χ1v) is 7.62. The number of carbonyl (C=O) groups is 2. The molecule has 5 nitrogen and oxygen atoms in total. The van der Waals surface area contributed by atoms with Crippen LogP contribution < -0.4 is 14.4 Å². The number of hydrogen-bond acceptors (Lipinski definition) is 4. The Labute approximate surface area is 131 Å². The van der Waals surface area contributed by atoms with Gasteiger partial charge in [-0.3, -0.25) is 9.59 Å². The third-order valence-electron chi connectivity index (χ3n) is 4.97. The van der Waals surface area contributed by atoms with Crippen molar-refractivity contribution in [2.75, 3.05) is 11.4 Å². The van der Waals surface area contributed by atoms with Gasteiger partial charge in [0.25, 0.3) is 0 Å². The topological polar surface area (TPSA) is 55.8 Å². The van der Waals surface area contributed by atoms with Crippen LogP contribution in [0.15, 0.2) is 18.2 Å². The lowest BCUT2D eigenvalue weighted by atomic mass is 9.72. The first kappa shape index (κ1) is 14.4. The van der Waals surface area contributed by atoms with Gasteiger partial charge in [0.2, 0.25) is 5.91 Å². The van der Waals surface area contributed by atoms with E-state index in [-0.39, 0.29) is 23.2 Å². The van der Waals surface area contributed by atoms with Crippen LogP contribution in [0.3, 0.4) is 0 Å². The van der Waals surface area contributed by atoms with E-state index in [0.29, 0.717) is 44.3 Å². The molecular formula is C16H15F2NO4. The van der Waals surface area contributed by atoms with E-state index >= 15 is 0 Å². The maximum Gasteiger partial charge on any atom is 0.586 e. The van der Waals surface area contributed by atoms with Crippen LogP contribution in [0.4, 0.5) is 14.5 Å². The number of nitrogens with zero attached hydrogens (tertiary/aromatic N) is 1.